The van der Waals surface area contributed by atoms with Gasteiger partial charge >= 0.3 is 0 Å². The molecule has 4 rings (SSSR count). The van der Waals surface area contributed by atoms with Gasteiger partial charge in [-0.15, -0.1) is 0 Å². The number of oxazole rings is 1. The van der Waals surface area contributed by atoms with Crippen molar-refractivity contribution < 1.29 is 9.21 Å². The van der Waals surface area contributed by atoms with Gasteiger partial charge in [-0.1, -0.05) is 12.1 Å². The number of rotatable bonds is 4. The Morgan fingerprint density at radius 1 is 1.21 bits per heavy atom. The Balaban J connectivity index is 1.59. The van der Waals surface area contributed by atoms with Crippen LogP contribution in [0.25, 0.3) is 11.3 Å². The van der Waals surface area contributed by atoms with Crippen LogP contribution in [0, 0.1) is 0 Å². The van der Waals surface area contributed by atoms with E-state index in [-0.39, 0.29) is 11.5 Å². The minimum Gasteiger partial charge on any atom is -0.423 e. The van der Waals surface area contributed by atoms with Gasteiger partial charge in [0, 0.05) is 36.6 Å². The maximum Gasteiger partial charge on any atom is 0.298 e. The van der Waals surface area contributed by atoms with E-state index in [0.29, 0.717) is 30.8 Å². The molecule has 9 heteroatoms. The molecular weight excluding hydrogens is 360 g/mol. The average molecular weight is 380 g/mol. The first-order valence-corrected chi connectivity index (χ1v) is 8.88. The molecule has 0 atom stereocenters. The number of H-pyrrole nitrogens is 1. The number of carbonyl (C=O) groups is 1. The highest BCUT2D eigenvalue weighted by molar-refractivity contribution is 5.89. The summed E-state index contributed by atoms with van der Waals surface area (Å²) in [5.74, 6) is 0.869. The van der Waals surface area contributed by atoms with Crippen molar-refractivity contribution in [2.45, 2.75) is 19.4 Å². The van der Waals surface area contributed by atoms with Gasteiger partial charge in [-0.05, 0) is 26.0 Å². The third kappa shape index (κ3) is 3.34. The number of nitrogens with one attached hydrogen (secondary N) is 3. The van der Waals surface area contributed by atoms with Crippen molar-refractivity contribution in [2.24, 2.45) is 0 Å². The lowest BCUT2D eigenvalue weighted by atomic mass is 10.00. The molecule has 1 fully saturated rings. The topological polar surface area (TPSA) is 116 Å². The van der Waals surface area contributed by atoms with Crippen LogP contribution in [0.2, 0.25) is 0 Å². The third-order valence-corrected chi connectivity index (χ3v) is 4.66. The fourth-order valence-corrected chi connectivity index (χ4v) is 3.08. The predicted molar refractivity (Wildman–Crippen MR) is 105 cm³/mol. The molecule has 9 nitrogen and oxygen atoms in total. The van der Waals surface area contributed by atoms with Crippen LogP contribution in [0.15, 0.2) is 51.9 Å². The van der Waals surface area contributed by atoms with E-state index in [4.69, 9.17) is 4.42 Å². The van der Waals surface area contributed by atoms with Gasteiger partial charge in [-0.2, -0.15) is 0 Å². The van der Waals surface area contributed by atoms with E-state index < -0.39 is 5.54 Å². The van der Waals surface area contributed by atoms with Crippen LogP contribution in [-0.4, -0.2) is 39.5 Å². The Morgan fingerprint density at radius 2 is 2.07 bits per heavy atom. The second-order valence-electron chi connectivity index (χ2n) is 6.96. The molecular formula is C19H20N6O3. The van der Waals surface area contributed by atoms with Crippen molar-refractivity contribution >= 4 is 23.6 Å². The van der Waals surface area contributed by atoms with E-state index in [1.165, 1.54) is 12.3 Å². The Labute approximate surface area is 160 Å². The number of nitrogens with zero attached hydrogens (tertiary/aromatic N) is 3. The van der Waals surface area contributed by atoms with Gasteiger partial charge in [0.25, 0.3) is 11.6 Å². The lowest BCUT2D eigenvalue weighted by molar-refractivity contribution is -0.126. The molecule has 144 valence electrons. The van der Waals surface area contributed by atoms with Crippen LogP contribution < -0.4 is 21.1 Å². The number of amides is 1. The molecule has 0 radical (unpaired) electrons. The molecule has 1 aliphatic rings. The summed E-state index contributed by atoms with van der Waals surface area (Å²) in [6.07, 6.45) is 3.07. The van der Waals surface area contributed by atoms with Crippen LogP contribution >= 0.6 is 0 Å². The smallest absolute Gasteiger partial charge is 0.298 e. The Bertz CT molecular complexity index is 1070. The molecule has 2 aromatic heterocycles. The molecule has 1 amide bonds. The number of anilines is 3. The maximum atomic E-state index is 12.2. The highest BCUT2D eigenvalue weighted by Gasteiger charge is 2.40. The molecule has 28 heavy (non-hydrogen) atoms. The Hall–Kier alpha value is -3.62. The quantitative estimate of drug-likeness (QED) is 0.633. The molecule has 0 spiro atoms. The van der Waals surface area contributed by atoms with Crippen LogP contribution in [0.1, 0.15) is 13.8 Å². The van der Waals surface area contributed by atoms with E-state index in [2.05, 4.69) is 25.6 Å². The van der Waals surface area contributed by atoms with Gasteiger partial charge in [0.15, 0.2) is 5.76 Å². The second kappa shape index (κ2) is 6.84. The van der Waals surface area contributed by atoms with Crippen molar-refractivity contribution in [3.05, 3.63) is 53.1 Å². The van der Waals surface area contributed by atoms with Gasteiger partial charge in [0.1, 0.15) is 5.54 Å². The molecule has 1 saturated heterocycles. The summed E-state index contributed by atoms with van der Waals surface area (Å²) in [6, 6.07) is 9.23. The van der Waals surface area contributed by atoms with Crippen LogP contribution in [0.5, 0.6) is 0 Å². The number of benzene rings is 1. The van der Waals surface area contributed by atoms with Crippen molar-refractivity contribution in [1.29, 1.82) is 0 Å². The van der Waals surface area contributed by atoms with Crippen LogP contribution in [0.4, 0.5) is 17.7 Å². The summed E-state index contributed by atoms with van der Waals surface area (Å²) in [7, 11) is 0. The monoisotopic (exact) mass is 380 g/mol. The van der Waals surface area contributed by atoms with Crippen molar-refractivity contribution in [1.82, 2.24) is 20.3 Å². The zero-order valence-corrected chi connectivity index (χ0v) is 15.5. The maximum absolute atomic E-state index is 12.2. The first-order chi connectivity index (χ1) is 13.4. The first-order valence-electron chi connectivity index (χ1n) is 8.88. The largest absolute Gasteiger partial charge is 0.423 e. The molecule has 3 N–H and O–H groups in total. The summed E-state index contributed by atoms with van der Waals surface area (Å²) in [4.78, 5) is 36.5. The Kier molecular flexibility index (Phi) is 4.34. The number of hydrogen-bond acceptors (Lipinski definition) is 7. The number of aromatic nitrogens is 3. The van der Waals surface area contributed by atoms with E-state index in [9.17, 15) is 9.59 Å². The summed E-state index contributed by atoms with van der Waals surface area (Å²) in [6.45, 7) is 4.84. The predicted octanol–water partition coefficient (Wildman–Crippen LogP) is 1.88. The average Bonchev–Trinajstić information content (AvgIpc) is 3.14. The summed E-state index contributed by atoms with van der Waals surface area (Å²) in [5.41, 5.74) is 0.569. The van der Waals surface area contributed by atoms with Crippen LogP contribution in [0.3, 0.4) is 0 Å². The van der Waals surface area contributed by atoms with Crippen LogP contribution in [-0.2, 0) is 4.79 Å². The van der Waals surface area contributed by atoms with E-state index in [0.717, 1.165) is 11.3 Å². The van der Waals surface area contributed by atoms with Crippen molar-refractivity contribution in [3.63, 3.8) is 0 Å². The van der Waals surface area contributed by atoms with Gasteiger partial charge in [0.2, 0.25) is 11.9 Å². The minimum absolute atomic E-state index is 0.0611. The summed E-state index contributed by atoms with van der Waals surface area (Å²) < 4.78 is 5.95. The van der Waals surface area contributed by atoms with Gasteiger partial charge in [-0.3, -0.25) is 14.6 Å². The number of piperazine rings is 1. The number of hydrogen-bond donors (Lipinski definition) is 3. The van der Waals surface area contributed by atoms with E-state index in [1.54, 1.807) is 6.20 Å². The summed E-state index contributed by atoms with van der Waals surface area (Å²) in [5, 5.41) is 5.91. The zero-order chi connectivity index (χ0) is 19.7. The lowest BCUT2D eigenvalue weighted by Gasteiger charge is -2.40. The molecule has 1 aromatic carbocycles. The molecule has 0 saturated carbocycles. The Morgan fingerprint density at radius 3 is 2.89 bits per heavy atom. The minimum atomic E-state index is -0.741. The molecule has 1 aliphatic heterocycles. The SMILES string of the molecule is CC1(C)C(=O)NCCN1c1ncc(-c2cccc(Nc3nccc(=O)[nH]3)c2)o1. The molecule has 0 unspecified atom stereocenters. The third-order valence-electron chi connectivity index (χ3n) is 4.66. The first kappa shape index (κ1) is 17.8. The molecule has 3 aromatic rings. The standard InChI is InChI=1S/C19H20N6O3/c1-19(2)16(27)20-8-9-25(19)18-22-11-14(28-18)12-4-3-5-13(10-12)23-17-21-7-6-15(26)24-17/h3-7,10-11H,8-9H2,1-2H3,(H,20,27)(H2,21,23,24,26). The lowest BCUT2D eigenvalue weighted by Crippen LogP contribution is -2.62. The fourth-order valence-electron chi connectivity index (χ4n) is 3.08. The zero-order valence-electron chi connectivity index (χ0n) is 15.5. The van der Waals surface area contributed by atoms with Crippen molar-refractivity contribution in [3.8, 4) is 11.3 Å². The highest BCUT2D eigenvalue weighted by Crippen LogP contribution is 2.30. The highest BCUT2D eigenvalue weighted by atomic mass is 16.4. The van der Waals surface area contributed by atoms with E-state index >= 15 is 0 Å². The molecule has 0 aliphatic carbocycles. The van der Waals surface area contributed by atoms with Gasteiger partial charge in [-0.25, -0.2) is 9.97 Å². The number of aromatic amines is 1. The molecule has 3 heterocycles. The second-order valence-corrected chi connectivity index (χ2v) is 6.96. The fraction of sp³-hybridized carbons (Fsp3) is 0.263. The van der Waals surface area contributed by atoms with Gasteiger partial charge < -0.3 is 20.0 Å². The van der Waals surface area contributed by atoms with Crippen molar-refractivity contribution in [2.75, 3.05) is 23.3 Å². The van der Waals surface area contributed by atoms with E-state index in [1.807, 2.05) is 43.0 Å². The summed E-state index contributed by atoms with van der Waals surface area (Å²) >= 11 is 0. The number of carbonyl (C=O) groups excluding carboxylic acids is 1. The molecule has 0 bridgehead atoms. The van der Waals surface area contributed by atoms with Gasteiger partial charge in [0.05, 0.1) is 6.20 Å². The normalized spacial score (nSPS) is 15.9.